The molecule has 0 saturated carbocycles. The number of aryl methyl sites for hydroxylation is 1. The summed E-state index contributed by atoms with van der Waals surface area (Å²) in [6.07, 6.45) is 15.3. The highest BCUT2D eigenvalue weighted by Crippen LogP contribution is 2.28. The Morgan fingerprint density at radius 3 is 1.87 bits per heavy atom. The molecule has 198 valence electrons. The van der Waals surface area contributed by atoms with Crippen molar-refractivity contribution in [1.29, 1.82) is 0 Å². The average molecular weight is 517 g/mol. The van der Waals surface area contributed by atoms with Crippen molar-refractivity contribution in [3.8, 4) is 5.75 Å². The summed E-state index contributed by atoms with van der Waals surface area (Å²) in [7, 11) is 1.69. The highest BCUT2D eigenvalue weighted by molar-refractivity contribution is 6.03. The van der Waals surface area contributed by atoms with Crippen molar-refractivity contribution in [3.63, 3.8) is 0 Å². The Bertz CT molecular complexity index is 1420. The van der Waals surface area contributed by atoms with Crippen LogP contribution in [0.5, 0.6) is 5.75 Å². The van der Waals surface area contributed by atoms with Gasteiger partial charge in [-0.2, -0.15) is 0 Å². The zero-order valence-electron chi connectivity index (χ0n) is 23.4. The van der Waals surface area contributed by atoms with Crippen LogP contribution in [-0.2, 0) is 6.61 Å². The molecule has 0 spiro atoms. The molecule has 0 bridgehead atoms. The molecule has 3 aromatic carbocycles. The molecule has 3 aromatic rings. The molecule has 1 N–H and O–H groups in total. The van der Waals surface area contributed by atoms with Crippen molar-refractivity contribution in [2.45, 2.75) is 27.4 Å². The molecule has 3 heteroatoms. The van der Waals surface area contributed by atoms with Crippen LogP contribution in [0.4, 0.5) is 0 Å². The second-order valence-electron chi connectivity index (χ2n) is 9.52. The van der Waals surface area contributed by atoms with Crippen molar-refractivity contribution >= 4 is 16.9 Å². The number of aliphatic hydroxyl groups is 1. The van der Waals surface area contributed by atoms with E-state index in [1.165, 1.54) is 11.3 Å². The van der Waals surface area contributed by atoms with Crippen molar-refractivity contribution in [2.75, 3.05) is 20.2 Å². The molecule has 0 saturated heterocycles. The van der Waals surface area contributed by atoms with Crippen LogP contribution in [0, 0.1) is 6.92 Å². The highest BCUT2D eigenvalue weighted by atomic mass is 16.5. The van der Waals surface area contributed by atoms with Gasteiger partial charge in [0.2, 0.25) is 0 Å². The van der Waals surface area contributed by atoms with Crippen molar-refractivity contribution in [1.82, 2.24) is 0 Å². The van der Waals surface area contributed by atoms with E-state index in [1.54, 1.807) is 7.11 Å². The first-order valence-electron chi connectivity index (χ1n) is 13.6. The lowest BCUT2D eigenvalue weighted by Crippen LogP contribution is -2.19. The maximum absolute atomic E-state index is 9.50. The minimum atomic E-state index is 0.0387. The van der Waals surface area contributed by atoms with Gasteiger partial charge in [-0.05, 0) is 84.0 Å². The van der Waals surface area contributed by atoms with Crippen LogP contribution in [0.2, 0.25) is 0 Å². The minimum absolute atomic E-state index is 0.0387. The van der Waals surface area contributed by atoms with Gasteiger partial charge in [0, 0.05) is 12.2 Å². The molecule has 39 heavy (non-hydrogen) atoms. The molecule has 0 atom stereocenters. The minimum Gasteiger partial charge on any atom is -0.497 e. The molecule has 0 amide bonds. The molecule has 0 aliphatic heterocycles. The van der Waals surface area contributed by atoms with Crippen molar-refractivity contribution < 1.29 is 14.4 Å². The van der Waals surface area contributed by atoms with Gasteiger partial charge in [0.05, 0.1) is 13.7 Å². The number of hydrogen-bond acceptors (Lipinski definition) is 2. The largest absolute Gasteiger partial charge is 0.497 e. The fourth-order valence-electron chi connectivity index (χ4n) is 4.69. The predicted octanol–water partition coefficient (Wildman–Crippen LogP) is 7.56. The summed E-state index contributed by atoms with van der Waals surface area (Å²) in [5.74, 6) is 0.840. The molecular weight excluding hydrogens is 478 g/mol. The molecular formula is C36H38NO2+. The summed E-state index contributed by atoms with van der Waals surface area (Å²) < 4.78 is 7.75. The quantitative estimate of drug-likeness (QED) is 0.235. The second kappa shape index (κ2) is 13.5. The van der Waals surface area contributed by atoms with E-state index in [0.29, 0.717) is 0 Å². The van der Waals surface area contributed by atoms with Crippen LogP contribution < -0.4 is 4.74 Å². The number of ether oxygens (including phenoxy) is 1. The molecule has 0 fully saturated rings. The number of aliphatic hydroxyl groups excluding tert-OH is 1. The summed E-state index contributed by atoms with van der Waals surface area (Å²) in [6.45, 7) is 8.48. The van der Waals surface area contributed by atoms with Crippen molar-refractivity contribution in [3.05, 3.63) is 149 Å². The standard InChI is InChI=1S/C36H38NO2/c1-5-37(6-2)33-22-18-31(19-23-33)36(32-20-24-34(39-4)25-21-32)9-7-8-35(29-14-10-27(3)11-15-29)30-16-12-28(26-38)13-17-30/h7-25,38H,5-6,26H2,1-4H3/q+1. The lowest BCUT2D eigenvalue weighted by molar-refractivity contribution is -0.519. The van der Waals surface area contributed by atoms with Gasteiger partial charge in [-0.25, -0.2) is 4.58 Å². The number of benzene rings is 3. The summed E-state index contributed by atoms with van der Waals surface area (Å²) in [5.41, 5.74) is 10.2. The van der Waals surface area contributed by atoms with Crippen LogP contribution in [-0.4, -0.2) is 35.6 Å². The van der Waals surface area contributed by atoms with E-state index in [0.717, 1.165) is 57.8 Å². The van der Waals surface area contributed by atoms with Gasteiger partial charge in [0.15, 0.2) is 5.71 Å². The van der Waals surface area contributed by atoms with Crippen molar-refractivity contribution in [2.24, 2.45) is 0 Å². The molecule has 0 unspecified atom stereocenters. The van der Waals surface area contributed by atoms with Crippen LogP contribution in [0.15, 0.2) is 121 Å². The summed E-state index contributed by atoms with van der Waals surface area (Å²) in [4.78, 5) is 0. The third-order valence-electron chi connectivity index (χ3n) is 7.04. The maximum Gasteiger partial charge on any atom is 0.199 e. The van der Waals surface area contributed by atoms with Gasteiger partial charge in [-0.3, -0.25) is 0 Å². The third-order valence-corrected chi connectivity index (χ3v) is 7.04. The van der Waals surface area contributed by atoms with E-state index in [9.17, 15) is 5.11 Å². The molecule has 3 nitrogen and oxygen atoms in total. The van der Waals surface area contributed by atoms with Gasteiger partial charge < -0.3 is 9.84 Å². The molecule has 0 aromatic heterocycles. The monoisotopic (exact) mass is 516 g/mol. The van der Waals surface area contributed by atoms with E-state index >= 15 is 0 Å². The Balaban J connectivity index is 1.78. The topological polar surface area (TPSA) is 32.5 Å². The molecule has 1 aliphatic rings. The number of methoxy groups -OCH3 is 1. The summed E-state index contributed by atoms with van der Waals surface area (Å²) in [5, 5.41) is 9.50. The Kier molecular flexibility index (Phi) is 9.66. The maximum atomic E-state index is 9.50. The lowest BCUT2D eigenvalue weighted by Gasteiger charge is -2.12. The van der Waals surface area contributed by atoms with Gasteiger partial charge in [0.25, 0.3) is 0 Å². The lowest BCUT2D eigenvalue weighted by atomic mass is 9.94. The van der Waals surface area contributed by atoms with E-state index in [1.807, 2.05) is 24.3 Å². The number of rotatable bonds is 9. The van der Waals surface area contributed by atoms with Crippen LogP contribution >= 0.6 is 0 Å². The number of allylic oxidation sites excluding steroid dienone is 9. The summed E-state index contributed by atoms with van der Waals surface area (Å²) in [6, 6.07) is 24.9. The first-order chi connectivity index (χ1) is 19.1. The van der Waals surface area contributed by atoms with Crippen LogP contribution in [0.25, 0.3) is 11.1 Å². The van der Waals surface area contributed by atoms with Gasteiger partial charge in [0.1, 0.15) is 18.8 Å². The van der Waals surface area contributed by atoms with Gasteiger partial charge in [-0.15, -0.1) is 0 Å². The zero-order valence-corrected chi connectivity index (χ0v) is 23.4. The van der Waals surface area contributed by atoms with E-state index in [4.69, 9.17) is 4.74 Å². The molecule has 0 radical (unpaired) electrons. The Morgan fingerprint density at radius 1 is 0.769 bits per heavy atom. The van der Waals surface area contributed by atoms with E-state index in [2.05, 4.69) is 116 Å². The van der Waals surface area contributed by atoms with Gasteiger partial charge in [-0.1, -0.05) is 84.5 Å². The fourth-order valence-corrected chi connectivity index (χ4v) is 4.69. The Morgan fingerprint density at radius 2 is 1.33 bits per heavy atom. The normalized spacial score (nSPS) is 13.3. The van der Waals surface area contributed by atoms with E-state index < -0.39 is 0 Å². The van der Waals surface area contributed by atoms with E-state index in [-0.39, 0.29) is 6.61 Å². The summed E-state index contributed by atoms with van der Waals surface area (Å²) >= 11 is 0. The first kappa shape index (κ1) is 27.8. The second-order valence-corrected chi connectivity index (χ2v) is 9.52. The smallest absolute Gasteiger partial charge is 0.199 e. The van der Waals surface area contributed by atoms with Crippen LogP contribution in [0.3, 0.4) is 0 Å². The Hall–Kier alpha value is -4.21. The SMILES string of the molecule is CC[N+](CC)=C1C=CC(=C(C=CC=C(c2ccc(C)cc2)c2ccc(CO)cc2)c2ccc(OC)cc2)C=C1. The predicted molar refractivity (Wildman–Crippen MR) is 164 cm³/mol. The first-order valence-corrected chi connectivity index (χ1v) is 13.6. The Labute approximate surface area is 233 Å². The average Bonchev–Trinajstić information content (AvgIpc) is 2.99. The molecule has 1 aliphatic carbocycles. The van der Waals surface area contributed by atoms with Gasteiger partial charge >= 0.3 is 0 Å². The number of hydrogen-bond donors (Lipinski definition) is 1. The third kappa shape index (κ3) is 7.01. The zero-order chi connectivity index (χ0) is 27.6. The molecule has 4 rings (SSSR count). The fraction of sp³-hybridized carbons (Fsp3) is 0.194. The number of nitrogens with zero attached hydrogens (tertiary/aromatic N) is 1. The molecule has 0 heterocycles. The highest BCUT2D eigenvalue weighted by Gasteiger charge is 2.12. The van der Waals surface area contributed by atoms with Crippen LogP contribution in [0.1, 0.15) is 41.7 Å².